The van der Waals surface area contributed by atoms with Gasteiger partial charge in [0.2, 0.25) is 0 Å². The van der Waals surface area contributed by atoms with Gasteiger partial charge in [0, 0.05) is 34.1 Å². The summed E-state index contributed by atoms with van der Waals surface area (Å²) in [6.07, 6.45) is 0.675. The van der Waals surface area contributed by atoms with Crippen molar-refractivity contribution >= 4 is 40.7 Å². The number of hydrogen-bond donors (Lipinski definition) is 3. The van der Waals surface area contributed by atoms with Crippen LogP contribution in [0.25, 0.3) is 11.3 Å². The first-order valence-electron chi connectivity index (χ1n) is 11.6. The number of carbonyl (C=O) groups excluding carboxylic acids is 2. The summed E-state index contributed by atoms with van der Waals surface area (Å²) >= 11 is 6.05. The fourth-order valence-electron chi connectivity index (χ4n) is 4.57. The Morgan fingerprint density at radius 1 is 1.14 bits per heavy atom. The number of fused-ring (bicyclic) bond motifs is 2. The number of nitrogens with zero attached hydrogens (tertiary/aromatic N) is 3. The molecule has 0 aliphatic carbocycles. The second-order valence-corrected chi connectivity index (χ2v) is 9.50. The van der Waals surface area contributed by atoms with Gasteiger partial charge in [0.25, 0.3) is 11.8 Å². The zero-order valence-electron chi connectivity index (χ0n) is 20.4. The van der Waals surface area contributed by atoms with E-state index < -0.39 is 17.6 Å². The summed E-state index contributed by atoms with van der Waals surface area (Å²) in [7, 11) is 0. The Morgan fingerprint density at radius 2 is 1.92 bits per heavy atom. The first kappa shape index (κ1) is 24.5. The lowest BCUT2D eigenvalue weighted by atomic mass is 9.99. The topological polar surface area (TPSA) is 115 Å². The lowest BCUT2D eigenvalue weighted by molar-refractivity contribution is 0.0998. The number of anilines is 3. The van der Waals surface area contributed by atoms with E-state index in [0.29, 0.717) is 29.5 Å². The Kier molecular flexibility index (Phi) is 6.16. The van der Waals surface area contributed by atoms with Crippen molar-refractivity contribution in [2.45, 2.75) is 33.7 Å². The van der Waals surface area contributed by atoms with E-state index in [9.17, 15) is 9.59 Å². The highest BCUT2D eigenvalue weighted by Gasteiger charge is 2.28. The van der Waals surface area contributed by atoms with E-state index in [1.807, 2.05) is 19.1 Å². The van der Waals surface area contributed by atoms with Crippen LogP contribution in [0.2, 0.25) is 5.02 Å². The van der Waals surface area contributed by atoms with Crippen molar-refractivity contribution in [3.05, 3.63) is 86.8 Å². The second kappa shape index (κ2) is 9.33. The molecule has 0 spiro atoms. The van der Waals surface area contributed by atoms with Gasteiger partial charge in [-0.05, 0) is 68.7 Å². The maximum absolute atomic E-state index is 15.7. The highest BCUT2D eigenvalue weighted by molar-refractivity contribution is 6.31. The Bertz CT molecular complexity index is 1580. The van der Waals surface area contributed by atoms with Gasteiger partial charge in [-0.3, -0.25) is 9.59 Å². The van der Waals surface area contributed by atoms with E-state index >= 15 is 4.39 Å². The number of aryl methyl sites for hydroxylation is 4. The molecular formula is C27H24ClFN6O2. The molecular weight excluding hydrogens is 495 g/mol. The average molecular weight is 519 g/mol. The maximum atomic E-state index is 15.7. The summed E-state index contributed by atoms with van der Waals surface area (Å²) in [5.74, 6) is -1.28. The zero-order valence-corrected chi connectivity index (χ0v) is 21.2. The minimum absolute atomic E-state index is 0.0751. The lowest BCUT2D eigenvalue weighted by Crippen LogP contribution is -2.16. The number of carbonyl (C=O) groups is 2. The molecule has 0 atom stereocenters. The average Bonchev–Trinajstić information content (AvgIpc) is 3.08. The van der Waals surface area contributed by atoms with Crippen LogP contribution in [-0.2, 0) is 13.0 Å². The number of hydrogen-bond acceptors (Lipinski definition) is 5. The van der Waals surface area contributed by atoms with Gasteiger partial charge in [0.1, 0.15) is 28.7 Å². The smallest absolute Gasteiger partial charge is 0.257 e. The first-order valence-corrected chi connectivity index (χ1v) is 12.0. The molecule has 0 unspecified atom stereocenters. The van der Waals surface area contributed by atoms with Crippen LogP contribution >= 0.6 is 11.6 Å². The summed E-state index contributed by atoms with van der Waals surface area (Å²) in [5, 5.41) is 10.9. The summed E-state index contributed by atoms with van der Waals surface area (Å²) in [4.78, 5) is 29.7. The quantitative estimate of drug-likeness (QED) is 0.338. The number of benzene rings is 2. The maximum Gasteiger partial charge on any atom is 0.257 e. The number of amides is 2. The molecule has 2 aromatic heterocycles. The molecule has 4 aromatic rings. The molecule has 1 aliphatic heterocycles. The summed E-state index contributed by atoms with van der Waals surface area (Å²) < 4.78 is 17.3. The standard InChI is InChI=1S/C27H24ClFN6O2/c1-13-4-7-20-16(10-13)8-9-35-26(32-20)22(25(30)36)24(34-35)19-6-5-18(15(3)23(19)29)27(37)33-21-12-17(28)11-14(2)31-21/h4-7,10-12,32H,8-9H2,1-3H3,(H2,30,36)(H,31,33,37). The third-order valence-electron chi connectivity index (χ3n) is 6.35. The predicted octanol–water partition coefficient (Wildman–Crippen LogP) is 5.31. The molecule has 0 radical (unpaired) electrons. The highest BCUT2D eigenvalue weighted by Crippen LogP contribution is 2.36. The van der Waals surface area contributed by atoms with Crippen molar-refractivity contribution in [3.8, 4) is 11.3 Å². The number of pyridine rings is 1. The van der Waals surface area contributed by atoms with Gasteiger partial charge in [-0.1, -0.05) is 29.3 Å². The Labute approximate surface area is 217 Å². The van der Waals surface area contributed by atoms with Crippen LogP contribution in [0.4, 0.5) is 21.7 Å². The lowest BCUT2D eigenvalue weighted by Gasteiger charge is -2.12. The predicted molar refractivity (Wildman–Crippen MR) is 141 cm³/mol. The third kappa shape index (κ3) is 4.53. The number of nitrogens with two attached hydrogens (primary N) is 1. The number of rotatable bonds is 4. The summed E-state index contributed by atoms with van der Waals surface area (Å²) in [6.45, 7) is 5.73. The third-order valence-corrected chi connectivity index (χ3v) is 6.57. The fourth-order valence-corrected chi connectivity index (χ4v) is 4.83. The highest BCUT2D eigenvalue weighted by atomic mass is 35.5. The number of nitrogens with one attached hydrogen (secondary N) is 2. The largest absolute Gasteiger partial charge is 0.365 e. The van der Waals surface area contributed by atoms with Gasteiger partial charge in [-0.15, -0.1) is 0 Å². The van der Waals surface area contributed by atoms with Crippen molar-refractivity contribution in [2.24, 2.45) is 5.73 Å². The van der Waals surface area contributed by atoms with Crippen LogP contribution < -0.4 is 16.4 Å². The molecule has 0 saturated carbocycles. The number of halogens is 2. The molecule has 4 N–H and O–H groups in total. The van der Waals surface area contributed by atoms with Gasteiger partial charge in [0.05, 0.1) is 0 Å². The summed E-state index contributed by atoms with van der Waals surface area (Å²) in [6, 6.07) is 12.1. The molecule has 10 heteroatoms. The van der Waals surface area contributed by atoms with Crippen LogP contribution in [0.5, 0.6) is 0 Å². The molecule has 2 amide bonds. The van der Waals surface area contributed by atoms with E-state index in [-0.39, 0.29) is 33.8 Å². The molecule has 0 fully saturated rings. The minimum atomic E-state index is -0.736. The first-order chi connectivity index (χ1) is 17.6. The van der Waals surface area contributed by atoms with E-state index in [1.54, 1.807) is 17.7 Å². The van der Waals surface area contributed by atoms with Gasteiger partial charge >= 0.3 is 0 Å². The Morgan fingerprint density at radius 3 is 2.65 bits per heavy atom. The van der Waals surface area contributed by atoms with E-state index in [1.165, 1.54) is 25.1 Å². The van der Waals surface area contributed by atoms with E-state index in [2.05, 4.69) is 26.8 Å². The fraction of sp³-hybridized carbons (Fsp3) is 0.185. The van der Waals surface area contributed by atoms with Crippen molar-refractivity contribution in [1.29, 1.82) is 0 Å². The Hall–Kier alpha value is -4.24. The summed E-state index contributed by atoms with van der Waals surface area (Å²) in [5.41, 5.74) is 9.93. The molecule has 5 rings (SSSR count). The molecule has 188 valence electrons. The SMILES string of the molecule is Cc1ccc2c(c1)CCn1nc(-c3ccc(C(=O)Nc4cc(Cl)cc(C)n4)c(C)c3F)c(C(N)=O)c1N2. The zero-order chi connectivity index (χ0) is 26.4. The van der Waals surface area contributed by atoms with Gasteiger partial charge in [-0.25, -0.2) is 14.1 Å². The van der Waals surface area contributed by atoms with E-state index in [0.717, 1.165) is 16.8 Å². The minimum Gasteiger partial charge on any atom is -0.365 e. The van der Waals surface area contributed by atoms with Crippen LogP contribution in [-0.4, -0.2) is 26.6 Å². The number of aromatic nitrogens is 3. The van der Waals surface area contributed by atoms with Crippen molar-refractivity contribution in [2.75, 3.05) is 10.6 Å². The molecule has 0 saturated heterocycles. The van der Waals surface area contributed by atoms with Gasteiger partial charge in [-0.2, -0.15) is 5.10 Å². The number of primary amides is 1. The Balaban J connectivity index is 1.53. The van der Waals surface area contributed by atoms with Crippen LogP contribution in [0, 0.1) is 26.6 Å². The van der Waals surface area contributed by atoms with Crippen LogP contribution in [0.15, 0.2) is 42.5 Å². The molecule has 1 aliphatic rings. The van der Waals surface area contributed by atoms with Crippen molar-refractivity contribution < 1.29 is 14.0 Å². The monoisotopic (exact) mass is 518 g/mol. The van der Waals surface area contributed by atoms with Crippen LogP contribution in [0.3, 0.4) is 0 Å². The van der Waals surface area contributed by atoms with E-state index in [4.69, 9.17) is 17.3 Å². The second-order valence-electron chi connectivity index (χ2n) is 9.06. The molecule has 37 heavy (non-hydrogen) atoms. The molecule has 2 aromatic carbocycles. The van der Waals surface area contributed by atoms with Crippen LogP contribution in [0.1, 0.15) is 43.1 Å². The van der Waals surface area contributed by atoms with Gasteiger partial charge < -0.3 is 16.4 Å². The molecule has 0 bridgehead atoms. The van der Waals surface area contributed by atoms with Gasteiger partial charge in [0.15, 0.2) is 0 Å². The van der Waals surface area contributed by atoms with Crippen molar-refractivity contribution in [3.63, 3.8) is 0 Å². The van der Waals surface area contributed by atoms with Crippen molar-refractivity contribution in [1.82, 2.24) is 14.8 Å². The molecule has 3 heterocycles. The normalized spacial score (nSPS) is 12.2. The molecule has 8 nitrogen and oxygen atoms in total.